The minimum atomic E-state index is -1.06. The van der Waals surface area contributed by atoms with Gasteiger partial charge in [0, 0.05) is 0 Å². The van der Waals surface area contributed by atoms with Gasteiger partial charge in [0.15, 0.2) is 0 Å². The molecule has 0 saturated carbocycles. The van der Waals surface area contributed by atoms with Gasteiger partial charge in [-0.15, -0.1) is 10.2 Å². The van der Waals surface area contributed by atoms with Crippen LogP contribution in [0.1, 0.15) is 13.3 Å². The molecule has 0 aliphatic rings. The lowest BCUT2D eigenvalue weighted by Gasteiger charge is -1.80. The number of aromatic nitrogens is 3. The Labute approximate surface area is 74.6 Å². The second kappa shape index (κ2) is 6.84. The van der Waals surface area contributed by atoms with Crippen molar-refractivity contribution in [3.05, 3.63) is 18.5 Å². The monoisotopic (exact) mass is 183 g/mol. The lowest BCUT2D eigenvalue weighted by atomic mass is 10.3. The van der Waals surface area contributed by atoms with Gasteiger partial charge in [0.2, 0.25) is 0 Å². The zero-order valence-corrected chi connectivity index (χ0v) is 7.04. The summed E-state index contributed by atoms with van der Waals surface area (Å²) < 4.78 is 0. The Kier molecular flexibility index (Phi) is 5.86. The van der Waals surface area contributed by atoms with E-state index in [4.69, 9.17) is 5.11 Å². The minimum Gasteiger partial charge on any atom is -0.481 e. The van der Waals surface area contributed by atoms with Gasteiger partial charge in [-0.2, -0.15) is 0 Å². The third-order valence-corrected chi connectivity index (χ3v) is 0.809. The van der Waals surface area contributed by atoms with Crippen LogP contribution in [-0.2, 0) is 9.59 Å². The molecule has 0 spiro atoms. The van der Waals surface area contributed by atoms with Crippen LogP contribution in [0.2, 0.25) is 0 Å². The van der Waals surface area contributed by atoms with Gasteiger partial charge >= 0.3 is 5.97 Å². The van der Waals surface area contributed by atoms with E-state index in [2.05, 4.69) is 15.4 Å². The molecule has 1 aromatic heterocycles. The molecular weight excluding hydrogens is 174 g/mol. The minimum absolute atomic E-state index is 0.312. The summed E-state index contributed by atoms with van der Waals surface area (Å²) >= 11 is 0. The average molecular weight is 183 g/mol. The van der Waals surface area contributed by atoms with Crippen molar-refractivity contribution in [2.24, 2.45) is 0 Å². The van der Waals surface area contributed by atoms with E-state index in [1.54, 1.807) is 18.5 Å². The summed E-state index contributed by atoms with van der Waals surface area (Å²) in [5.41, 5.74) is 0. The van der Waals surface area contributed by atoms with Crippen molar-refractivity contribution in [1.29, 1.82) is 0 Å². The van der Waals surface area contributed by atoms with E-state index in [9.17, 15) is 9.59 Å². The van der Waals surface area contributed by atoms with Gasteiger partial charge in [0.25, 0.3) is 0 Å². The molecule has 0 aromatic carbocycles. The van der Waals surface area contributed by atoms with E-state index in [0.717, 1.165) is 0 Å². The van der Waals surface area contributed by atoms with Crippen LogP contribution in [-0.4, -0.2) is 32.3 Å². The zero-order valence-electron chi connectivity index (χ0n) is 7.04. The van der Waals surface area contributed by atoms with Crippen LogP contribution < -0.4 is 0 Å². The molecule has 1 heterocycles. The van der Waals surface area contributed by atoms with E-state index < -0.39 is 5.97 Å². The second-order valence-electron chi connectivity index (χ2n) is 2.08. The quantitative estimate of drug-likeness (QED) is 0.644. The molecule has 1 aromatic rings. The van der Waals surface area contributed by atoms with Crippen LogP contribution in [0, 0.1) is 0 Å². The van der Waals surface area contributed by atoms with Gasteiger partial charge in [-0.3, -0.25) is 9.59 Å². The standard InChI is InChI=1S/C4H6O3.C3H3N3/c1-3(5)2-4(6)7;1-2-4-6-5-3-1/h2H2,1H3,(H,6,7);1-3H. The summed E-state index contributed by atoms with van der Waals surface area (Å²) in [7, 11) is 0. The molecule has 0 amide bonds. The Morgan fingerprint density at radius 1 is 1.31 bits per heavy atom. The molecule has 0 radical (unpaired) electrons. The number of ketones is 1. The van der Waals surface area contributed by atoms with Crippen molar-refractivity contribution >= 4 is 11.8 Å². The summed E-state index contributed by atoms with van der Waals surface area (Å²) in [6, 6.07) is 1.72. The van der Waals surface area contributed by atoms with Crippen molar-refractivity contribution in [2.75, 3.05) is 0 Å². The Morgan fingerprint density at radius 2 is 1.85 bits per heavy atom. The van der Waals surface area contributed by atoms with Crippen LogP contribution >= 0.6 is 0 Å². The molecule has 0 saturated heterocycles. The highest BCUT2D eigenvalue weighted by molar-refractivity contribution is 5.93. The molecule has 6 heteroatoms. The van der Waals surface area contributed by atoms with E-state index in [1.807, 2.05) is 0 Å². The van der Waals surface area contributed by atoms with Crippen LogP contribution in [0.25, 0.3) is 0 Å². The van der Waals surface area contributed by atoms with Crippen LogP contribution in [0.4, 0.5) is 0 Å². The summed E-state index contributed by atoms with van der Waals surface area (Å²) in [4.78, 5) is 19.5. The second-order valence-corrected chi connectivity index (χ2v) is 2.08. The van der Waals surface area contributed by atoms with Gasteiger partial charge in [-0.25, -0.2) is 0 Å². The van der Waals surface area contributed by atoms with E-state index in [1.165, 1.54) is 6.92 Å². The number of hydrogen-bond donors (Lipinski definition) is 1. The lowest BCUT2D eigenvalue weighted by Crippen LogP contribution is -2.00. The predicted molar refractivity (Wildman–Crippen MR) is 42.8 cm³/mol. The normalized spacial score (nSPS) is 8.08. The Bertz CT molecular complexity index is 224. The molecule has 0 aliphatic carbocycles. The molecule has 1 rings (SSSR count). The summed E-state index contributed by atoms with van der Waals surface area (Å²) in [6.45, 7) is 1.24. The summed E-state index contributed by atoms with van der Waals surface area (Å²) in [6.07, 6.45) is 2.79. The van der Waals surface area contributed by atoms with Crippen LogP contribution in [0.15, 0.2) is 18.5 Å². The fraction of sp³-hybridized carbons (Fsp3) is 0.286. The topological polar surface area (TPSA) is 93.0 Å². The van der Waals surface area contributed by atoms with Crippen molar-refractivity contribution in [1.82, 2.24) is 15.4 Å². The number of hydrogen-bond acceptors (Lipinski definition) is 5. The number of Topliss-reactive ketones (excluding diaryl/α,β-unsaturated/α-hetero) is 1. The van der Waals surface area contributed by atoms with E-state index in [0.29, 0.717) is 0 Å². The number of rotatable bonds is 2. The fourth-order valence-corrected chi connectivity index (χ4v) is 0.418. The molecule has 13 heavy (non-hydrogen) atoms. The van der Waals surface area contributed by atoms with Gasteiger partial charge in [-0.05, 0) is 18.2 Å². The molecule has 0 fully saturated rings. The maximum absolute atomic E-state index is 9.87. The fourth-order valence-electron chi connectivity index (χ4n) is 0.418. The number of carbonyl (C=O) groups excluding carboxylic acids is 1. The average Bonchev–Trinajstić information content (AvgIpc) is 2.06. The smallest absolute Gasteiger partial charge is 0.310 e. The SMILES string of the molecule is CC(=O)CC(=O)O.c1cnnnc1. The van der Waals surface area contributed by atoms with E-state index >= 15 is 0 Å². The number of carboxylic acids is 1. The van der Waals surface area contributed by atoms with Crippen molar-refractivity contribution in [3.8, 4) is 0 Å². The van der Waals surface area contributed by atoms with Gasteiger partial charge in [0.1, 0.15) is 12.2 Å². The first kappa shape index (κ1) is 11.2. The largest absolute Gasteiger partial charge is 0.481 e. The molecule has 0 aliphatic heterocycles. The molecule has 0 unspecified atom stereocenters. The third kappa shape index (κ3) is 10.2. The molecule has 0 bridgehead atoms. The highest BCUT2D eigenvalue weighted by Gasteiger charge is 1.98. The summed E-state index contributed by atoms with van der Waals surface area (Å²) in [5.74, 6) is -1.37. The predicted octanol–water partition coefficient (Wildman–Crippen LogP) is -0.0783. The Morgan fingerprint density at radius 3 is 1.92 bits per heavy atom. The van der Waals surface area contributed by atoms with Crippen LogP contribution in [0.5, 0.6) is 0 Å². The van der Waals surface area contributed by atoms with Crippen molar-refractivity contribution in [2.45, 2.75) is 13.3 Å². The number of carbonyl (C=O) groups is 2. The van der Waals surface area contributed by atoms with Gasteiger partial charge in [0.05, 0.1) is 12.4 Å². The highest BCUT2D eigenvalue weighted by atomic mass is 16.4. The lowest BCUT2D eigenvalue weighted by molar-refractivity contribution is -0.139. The molecule has 6 nitrogen and oxygen atoms in total. The van der Waals surface area contributed by atoms with E-state index in [-0.39, 0.29) is 12.2 Å². The first-order valence-corrected chi connectivity index (χ1v) is 3.42. The number of carboxylic acid groups (broad SMARTS) is 1. The molecule has 1 N–H and O–H groups in total. The Balaban J connectivity index is 0.000000223. The highest BCUT2D eigenvalue weighted by Crippen LogP contribution is 1.77. The Hall–Kier alpha value is -1.85. The third-order valence-electron chi connectivity index (χ3n) is 0.809. The first-order valence-electron chi connectivity index (χ1n) is 3.42. The van der Waals surface area contributed by atoms with Gasteiger partial charge < -0.3 is 5.11 Å². The molecule has 70 valence electrons. The summed E-state index contributed by atoms with van der Waals surface area (Å²) in [5, 5.41) is 18.0. The van der Waals surface area contributed by atoms with Crippen LogP contribution in [0.3, 0.4) is 0 Å². The van der Waals surface area contributed by atoms with Crippen molar-refractivity contribution in [3.63, 3.8) is 0 Å². The van der Waals surface area contributed by atoms with Gasteiger partial charge in [-0.1, -0.05) is 0 Å². The molecule has 0 atom stereocenters. The maximum Gasteiger partial charge on any atom is 0.310 e. The molecular formula is C7H9N3O3. The zero-order chi connectivity index (χ0) is 10.1. The maximum atomic E-state index is 9.87. The number of aliphatic carboxylic acids is 1. The number of nitrogens with zero attached hydrogens (tertiary/aromatic N) is 3. The van der Waals surface area contributed by atoms with Crippen molar-refractivity contribution < 1.29 is 14.7 Å². The first-order chi connectivity index (χ1) is 6.13.